The Morgan fingerprint density at radius 2 is 1.52 bits per heavy atom. The molecule has 0 aromatic heterocycles. The zero-order valence-electron chi connectivity index (χ0n) is 23.5. The summed E-state index contributed by atoms with van der Waals surface area (Å²) in [5, 5.41) is 11.2. The molecule has 0 saturated heterocycles. The molecular weight excluding hydrogens is 596 g/mol. The zero-order valence-corrected chi connectivity index (χ0v) is 25.1. The van der Waals surface area contributed by atoms with Gasteiger partial charge in [0.05, 0.1) is 27.4 Å². The second kappa shape index (κ2) is 12.4. The summed E-state index contributed by atoms with van der Waals surface area (Å²) in [7, 11) is 4.67. The lowest BCUT2D eigenvalue weighted by atomic mass is 9.78. The molecule has 0 N–H and O–H groups in total. The lowest BCUT2D eigenvalue weighted by molar-refractivity contribution is 0.0691. The van der Waals surface area contributed by atoms with Gasteiger partial charge in [-0.3, -0.25) is 9.69 Å². The van der Waals surface area contributed by atoms with Crippen molar-refractivity contribution in [1.29, 1.82) is 5.26 Å². The van der Waals surface area contributed by atoms with Crippen molar-refractivity contribution in [2.24, 2.45) is 0 Å². The van der Waals surface area contributed by atoms with Crippen molar-refractivity contribution >= 4 is 27.9 Å². The van der Waals surface area contributed by atoms with Crippen molar-refractivity contribution in [2.75, 3.05) is 21.3 Å². The first kappa shape index (κ1) is 28.8. The highest BCUT2D eigenvalue weighted by atomic mass is 79.9. The number of hydrogen-bond donors (Lipinski definition) is 0. The molecule has 0 bridgehead atoms. The number of carbonyl (C=O) groups excluding carboxylic acids is 1. The molecule has 212 valence electrons. The maximum atomic E-state index is 14.1. The van der Waals surface area contributed by atoms with Crippen LogP contribution >= 0.6 is 15.9 Å². The molecule has 1 aliphatic heterocycles. The van der Waals surface area contributed by atoms with Gasteiger partial charge < -0.3 is 18.9 Å². The molecule has 1 amide bonds. The maximum Gasteiger partial charge on any atom is 0.259 e. The first-order valence-corrected chi connectivity index (χ1v) is 14.0. The van der Waals surface area contributed by atoms with Crippen LogP contribution in [0.2, 0.25) is 0 Å². The van der Waals surface area contributed by atoms with E-state index >= 15 is 0 Å². The average molecular weight is 626 g/mol. The Bertz CT molecular complexity index is 1670. The molecule has 1 unspecified atom stereocenters. The average Bonchev–Trinajstić information content (AvgIpc) is 3.04. The highest BCUT2D eigenvalue weighted by Crippen LogP contribution is 2.49. The highest BCUT2D eigenvalue weighted by molar-refractivity contribution is 9.10. The van der Waals surface area contributed by atoms with Gasteiger partial charge in [-0.2, -0.15) is 5.26 Å². The lowest BCUT2D eigenvalue weighted by Gasteiger charge is -2.41. The van der Waals surface area contributed by atoms with Gasteiger partial charge in [0.1, 0.15) is 6.61 Å². The predicted molar refractivity (Wildman–Crippen MR) is 164 cm³/mol. The first-order valence-electron chi connectivity index (χ1n) is 13.2. The summed E-state index contributed by atoms with van der Waals surface area (Å²) in [4.78, 5) is 15.6. The summed E-state index contributed by atoms with van der Waals surface area (Å²) in [6.45, 7) is 0.242. The third kappa shape index (κ3) is 5.31. The van der Waals surface area contributed by atoms with Crippen LogP contribution in [0.15, 0.2) is 95.6 Å². The second-order valence-corrected chi connectivity index (χ2v) is 10.5. The summed E-state index contributed by atoms with van der Waals surface area (Å²) in [6.07, 6.45) is 3.60. The Hall–Kier alpha value is -4.74. The van der Waals surface area contributed by atoms with Crippen molar-refractivity contribution in [3.05, 3.63) is 123 Å². The third-order valence-corrected chi connectivity index (χ3v) is 7.99. The van der Waals surface area contributed by atoms with E-state index in [1.165, 1.54) is 4.90 Å². The third-order valence-electron chi connectivity index (χ3n) is 7.25. The van der Waals surface area contributed by atoms with E-state index in [1.807, 2.05) is 60.7 Å². The minimum atomic E-state index is -1.53. The van der Waals surface area contributed by atoms with Crippen molar-refractivity contribution in [3.63, 3.8) is 0 Å². The number of rotatable bonds is 9. The number of nitrogens with zero attached hydrogens (tertiary/aromatic N) is 2. The van der Waals surface area contributed by atoms with Crippen LogP contribution < -0.4 is 18.9 Å². The number of nitriles is 1. The van der Waals surface area contributed by atoms with Crippen LogP contribution in [-0.4, -0.2) is 32.1 Å². The van der Waals surface area contributed by atoms with E-state index in [0.29, 0.717) is 38.6 Å². The van der Waals surface area contributed by atoms with E-state index < -0.39 is 5.54 Å². The largest absolute Gasteiger partial charge is 0.493 e. The van der Waals surface area contributed by atoms with Gasteiger partial charge in [0.2, 0.25) is 0 Å². The van der Waals surface area contributed by atoms with Crippen molar-refractivity contribution in [1.82, 2.24) is 4.90 Å². The number of methoxy groups -OCH3 is 3. The molecule has 42 heavy (non-hydrogen) atoms. The Labute approximate surface area is 253 Å². The molecular formula is C34H29BrN2O5. The number of ether oxygens (including phenoxy) is 4. The summed E-state index contributed by atoms with van der Waals surface area (Å²) in [5.74, 6) is 1.56. The molecule has 0 radical (unpaired) electrons. The van der Waals surface area contributed by atoms with Gasteiger partial charge in [-0.05, 0) is 53.1 Å². The topological polar surface area (TPSA) is 81.0 Å². The van der Waals surface area contributed by atoms with E-state index in [0.717, 1.165) is 16.7 Å². The standard InChI is InChI=1S/C34H29BrN2O5/c1-39-28-15-14-24-16-17-37(33(38)25-12-8-5-9-13-25)34(22-36,20-26-18-29(40-2)30(41-3)19-27(26)35)31(24)32(28)42-21-23-10-6-4-7-11-23/h4-19H,20-21H2,1-3H3. The first-order chi connectivity index (χ1) is 20.4. The van der Waals surface area contributed by atoms with Gasteiger partial charge in [-0.25, -0.2) is 0 Å². The Kier molecular flexibility index (Phi) is 8.51. The number of amides is 1. The molecule has 0 saturated carbocycles. The molecule has 5 rings (SSSR count). The van der Waals surface area contributed by atoms with Crippen LogP contribution in [0.5, 0.6) is 23.0 Å². The number of carbonyl (C=O) groups is 1. The fourth-order valence-corrected chi connectivity index (χ4v) is 5.63. The molecule has 4 aromatic carbocycles. The minimum absolute atomic E-state index is 0.106. The van der Waals surface area contributed by atoms with E-state index in [1.54, 1.807) is 57.9 Å². The van der Waals surface area contributed by atoms with E-state index in [-0.39, 0.29) is 18.9 Å². The normalized spacial score (nSPS) is 15.4. The highest BCUT2D eigenvalue weighted by Gasteiger charge is 2.48. The summed E-state index contributed by atoms with van der Waals surface area (Å²) < 4.78 is 24.0. The van der Waals surface area contributed by atoms with Crippen LogP contribution in [0.3, 0.4) is 0 Å². The summed E-state index contributed by atoms with van der Waals surface area (Å²) in [6, 6.07) is 28.5. The van der Waals surface area contributed by atoms with Crippen molar-refractivity contribution in [3.8, 4) is 29.1 Å². The molecule has 1 atom stereocenters. The van der Waals surface area contributed by atoms with Crippen LogP contribution in [0, 0.1) is 11.3 Å². The van der Waals surface area contributed by atoms with Crippen molar-refractivity contribution < 1.29 is 23.7 Å². The maximum absolute atomic E-state index is 14.1. The molecule has 7 nitrogen and oxygen atoms in total. The molecule has 8 heteroatoms. The number of hydrogen-bond acceptors (Lipinski definition) is 6. The van der Waals surface area contributed by atoms with Gasteiger partial charge in [0.25, 0.3) is 5.91 Å². The SMILES string of the molecule is COc1cc(Br)c(CC2(C#N)c3c(ccc(OC)c3OCc3ccccc3)C=CN2C(=O)c2ccccc2)cc1OC. The van der Waals surface area contributed by atoms with E-state index in [9.17, 15) is 10.1 Å². The van der Waals surface area contributed by atoms with Gasteiger partial charge in [0, 0.05) is 28.2 Å². The van der Waals surface area contributed by atoms with Gasteiger partial charge >= 0.3 is 0 Å². The van der Waals surface area contributed by atoms with Gasteiger partial charge in [-0.15, -0.1) is 0 Å². The van der Waals surface area contributed by atoms with Gasteiger partial charge in [-0.1, -0.05) is 70.5 Å². The Morgan fingerprint density at radius 1 is 0.881 bits per heavy atom. The van der Waals surface area contributed by atoms with Gasteiger partial charge in [0.15, 0.2) is 28.5 Å². The van der Waals surface area contributed by atoms with Crippen LogP contribution in [0.4, 0.5) is 0 Å². The minimum Gasteiger partial charge on any atom is -0.493 e. The molecule has 0 aliphatic carbocycles. The predicted octanol–water partition coefficient (Wildman–Crippen LogP) is 7.14. The molecule has 1 heterocycles. The zero-order chi connectivity index (χ0) is 29.7. The fourth-order valence-electron chi connectivity index (χ4n) is 5.17. The van der Waals surface area contributed by atoms with E-state index in [4.69, 9.17) is 18.9 Å². The summed E-state index contributed by atoms with van der Waals surface area (Å²) >= 11 is 3.66. The Morgan fingerprint density at radius 3 is 2.17 bits per heavy atom. The van der Waals surface area contributed by atoms with E-state index in [2.05, 4.69) is 22.0 Å². The molecule has 1 aliphatic rings. The smallest absolute Gasteiger partial charge is 0.259 e. The number of halogens is 1. The quantitative estimate of drug-likeness (QED) is 0.197. The number of fused-ring (bicyclic) bond motifs is 1. The second-order valence-electron chi connectivity index (χ2n) is 9.64. The monoisotopic (exact) mass is 624 g/mol. The Balaban J connectivity index is 1.73. The van der Waals surface area contributed by atoms with Crippen LogP contribution in [-0.2, 0) is 18.6 Å². The van der Waals surface area contributed by atoms with Crippen molar-refractivity contribution in [2.45, 2.75) is 18.6 Å². The molecule has 0 fully saturated rings. The van der Waals surface area contributed by atoms with Crippen LogP contribution in [0.25, 0.3) is 6.08 Å². The van der Waals surface area contributed by atoms with Crippen LogP contribution in [0.1, 0.15) is 32.6 Å². The fraction of sp³-hybridized carbons (Fsp3) is 0.176. The number of benzene rings is 4. The molecule has 4 aromatic rings. The molecule has 0 spiro atoms. The lowest BCUT2D eigenvalue weighted by Crippen LogP contribution is -2.49. The summed E-state index contributed by atoms with van der Waals surface area (Å²) in [5.41, 5.74) is 1.89.